The molecule has 0 bridgehead atoms. The lowest BCUT2D eigenvalue weighted by Crippen LogP contribution is -2.13. The molecule has 0 unspecified atom stereocenters. The van der Waals surface area contributed by atoms with E-state index in [2.05, 4.69) is 0 Å². The van der Waals surface area contributed by atoms with E-state index in [1.54, 1.807) is 0 Å². The van der Waals surface area contributed by atoms with E-state index in [1.807, 2.05) is 0 Å². The normalized spacial score (nSPS) is 9.73. The van der Waals surface area contributed by atoms with Crippen LogP contribution in [-0.2, 0) is 4.79 Å². The average Bonchev–Trinajstić information content (AvgIpc) is 2.19. The van der Waals surface area contributed by atoms with Crippen molar-refractivity contribution in [3.05, 3.63) is 22.7 Å². The predicted octanol–water partition coefficient (Wildman–Crippen LogP) is 1.32. The first-order valence-electron chi connectivity index (χ1n) is 3.81. The van der Waals surface area contributed by atoms with Crippen molar-refractivity contribution in [3.63, 3.8) is 0 Å². The minimum atomic E-state index is -1.64. The van der Waals surface area contributed by atoms with Crippen LogP contribution < -0.4 is 4.74 Å². The summed E-state index contributed by atoms with van der Waals surface area (Å²) in [7, 11) is 1.31. The van der Waals surface area contributed by atoms with E-state index < -0.39 is 11.8 Å². The van der Waals surface area contributed by atoms with Crippen LogP contribution in [0.25, 0.3) is 0 Å². The van der Waals surface area contributed by atoms with Gasteiger partial charge in [0.05, 0.1) is 17.7 Å². The second kappa shape index (κ2) is 4.18. The molecule has 1 aromatic carbocycles. The highest BCUT2D eigenvalue weighted by molar-refractivity contribution is 6.45. The third-order valence-electron chi connectivity index (χ3n) is 1.71. The molecule has 15 heavy (non-hydrogen) atoms. The maximum absolute atomic E-state index is 11.1. The number of aromatic hydroxyl groups is 1. The number of hydrogen-bond acceptors (Lipinski definition) is 4. The summed E-state index contributed by atoms with van der Waals surface area (Å²) in [6.45, 7) is 0. The first-order valence-corrected chi connectivity index (χ1v) is 4.19. The predicted molar refractivity (Wildman–Crippen MR) is 51.6 cm³/mol. The zero-order valence-corrected chi connectivity index (χ0v) is 8.41. The molecular formula is C9H7ClO5. The van der Waals surface area contributed by atoms with Crippen molar-refractivity contribution < 1.29 is 24.5 Å². The summed E-state index contributed by atoms with van der Waals surface area (Å²) >= 11 is 5.64. The SMILES string of the molecule is COc1cc(Cl)c(C(=O)C(=O)O)cc1O. The molecule has 0 aliphatic carbocycles. The number of benzene rings is 1. The molecular weight excluding hydrogens is 224 g/mol. The molecule has 0 saturated heterocycles. The number of carbonyl (C=O) groups is 2. The third-order valence-corrected chi connectivity index (χ3v) is 2.02. The van der Waals surface area contributed by atoms with E-state index in [0.29, 0.717) is 0 Å². The molecule has 0 atom stereocenters. The summed E-state index contributed by atoms with van der Waals surface area (Å²) < 4.78 is 4.73. The quantitative estimate of drug-likeness (QED) is 0.604. The van der Waals surface area contributed by atoms with Gasteiger partial charge in [-0.25, -0.2) is 4.79 Å². The molecule has 0 aromatic heterocycles. The molecule has 0 radical (unpaired) electrons. The number of Topliss-reactive ketones (excluding diaryl/α,β-unsaturated/α-hetero) is 1. The van der Waals surface area contributed by atoms with Crippen molar-refractivity contribution in [1.29, 1.82) is 0 Å². The molecule has 0 aliphatic rings. The highest BCUT2D eigenvalue weighted by Gasteiger charge is 2.20. The minimum absolute atomic E-state index is 0.0712. The highest BCUT2D eigenvalue weighted by Crippen LogP contribution is 2.32. The molecule has 2 N–H and O–H groups in total. The van der Waals surface area contributed by atoms with Gasteiger partial charge in [-0.15, -0.1) is 0 Å². The van der Waals surface area contributed by atoms with Gasteiger partial charge < -0.3 is 14.9 Å². The molecule has 0 heterocycles. The molecule has 1 rings (SSSR count). The van der Waals surface area contributed by atoms with E-state index >= 15 is 0 Å². The fourth-order valence-electron chi connectivity index (χ4n) is 0.996. The first-order chi connectivity index (χ1) is 6.97. The van der Waals surface area contributed by atoms with E-state index in [9.17, 15) is 14.7 Å². The van der Waals surface area contributed by atoms with Gasteiger partial charge in [0.15, 0.2) is 11.5 Å². The summed E-state index contributed by atoms with van der Waals surface area (Å²) in [6, 6.07) is 2.13. The van der Waals surface area contributed by atoms with Gasteiger partial charge in [0.2, 0.25) is 0 Å². The lowest BCUT2D eigenvalue weighted by molar-refractivity contribution is -0.131. The zero-order valence-electron chi connectivity index (χ0n) is 7.65. The lowest BCUT2D eigenvalue weighted by atomic mass is 10.1. The van der Waals surface area contributed by atoms with Crippen LogP contribution in [0.15, 0.2) is 12.1 Å². The number of halogens is 1. The van der Waals surface area contributed by atoms with Gasteiger partial charge in [0, 0.05) is 6.07 Å². The number of carboxylic acids is 1. The van der Waals surface area contributed by atoms with Crippen LogP contribution in [0.1, 0.15) is 10.4 Å². The van der Waals surface area contributed by atoms with Gasteiger partial charge in [-0.2, -0.15) is 0 Å². The van der Waals surface area contributed by atoms with Gasteiger partial charge in [0.25, 0.3) is 5.78 Å². The Balaban J connectivity index is 3.28. The van der Waals surface area contributed by atoms with Crippen LogP contribution >= 0.6 is 11.6 Å². The van der Waals surface area contributed by atoms with E-state index in [4.69, 9.17) is 21.4 Å². The number of carbonyl (C=O) groups excluding carboxylic acids is 1. The molecule has 0 aliphatic heterocycles. The lowest BCUT2D eigenvalue weighted by Gasteiger charge is -2.06. The van der Waals surface area contributed by atoms with Gasteiger partial charge in [-0.05, 0) is 6.07 Å². The molecule has 5 nitrogen and oxygen atoms in total. The smallest absolute Gasteiger partial charge is 0.377 e. The Bertz CT molecular complexity index is 427. The van der Waals surface area contributed by atoms with Crippen molar-refractivity contribution in [3.8, 4) is 11.5 Å². The summed E-state index contributed by atoms with van der Waals surface area (Å²) in [5.41, 5.74) is -0.275. The van der Waals surface area contributed by atoms with E-state index in [-0.39, 0.29) is 22.1 Å². The van der Waals surface area contributed by atoms with Crippen molar-refractivity contribution in [2.24, 2.45) is 0 Å². The van der Waals surface area contributed by atoms with Crippen molar-refractivity contribution in [1.82, 2.24) is 0 Å². The molecule has 0 fully saturated rings. The van der Waals surface area contributed by atoms with Gasteiger partial charge in [-0.3, -0.25) is 4.79 Å². The number of ketones is 1. The number of phenols is 1. The van der Waals surface area contributed by atoms with Crippen LogP contribution in [0.2, 0.25) is 5.02 Å². The molecule has 0 spiro atoms. The maximum atomic E-state index is 11.1. The molecule has 0 amide bonds. The molecule has 6 heteroatoms. The Labute approximate surface area is 89.9 Å². The van der Waals surface area contributed by atoms with Gasteiger partial charge in [0.1, 0.15) is 0 Å². The van der Waals surface area contributed by atoms with Gasteiger partial charge in [-0.1, -0.05) is 11.6 Å². The van der Waals surface area contributed by atoms with Crippen LogP contribution in [0, 0.1) is 0 Å². The molecule has 0 saturated carbocycles. The van der Waals surface area contributed by atoms with E-state index in [0.717, 1.165) is 6.07 Å². The number of aliphatic carboxylic acids is 1. The summed E-state index contributed by atoms with van der Waals surface area (Å²) in [4.78, 5) is 21.5. The second-order valence-electron chi connectivity index (χ2n) is 2.64. The topological polar surface area (TPSA) is 83.8 Å². The van der Waals surface area contributed by atoms with E-state index in [1.165, 1.54) is 13.2 Å². The Morgan fingerprint density at radius 2 is 2.00 bits per heavy atom. The molecule has 1 aromatic rings. The molecule has 80 valence electrons. The fraction of sp³-hybridized carbons (Fsp3) is 0.111. The van der Waals surface area contributed by atoms with Crippen molar-refractivity contribution in [2.45, 2.75) is 0 Å². The number of carboxylic acid groups (broad SMARTS) is 1. The number of hydrogen-bond donors (Lipinski definition) is 2. The monoisotopic (exact) mass is 230 g/mol. The largest absolute Gasteiger partial charge is 0.504 e. The summed E-state index contributed by atoms with van der Waals surface area (Å²) in [5.74, 6) is -3.09. The standard InChI is InChI=1S/C9H7ClO5/c1-15-7-3-5(10)4(2-6(7)11)8(12)9(13)14/h2-3,11H,1H3,(H,13,14). The Hall–Kier alpha value is -1.75. The zero-order chi connectivity index (χ0) is 11.6. The minimum Gasteiger partial charge on any atom is -0.504 e. The van der Waals surface area contributed by atoms with Gasteiger partial charge >= 0.3 is 5.97 Å². The number of methoxy groups -OCH3 is 1. The summed E-state index contributed by atoms with van der Waals surface area (Å²) in [5, 5.41) is 17.7. The van der Waals surface area contributed by atoms with Crippen LogP contribution in [0.3, 0.4) is 0 Å². The van der Waals surface area contributed by atoms with Crippen molar-refractivity contribution in [2.75, 3.05) is 7.11 Å². The summed E-state index contributed by atoms with van der Waals surface area (Å²) in [6.07, 6.45) is 0. The average molecular weight is 231 g/mol. The number of phenolic OH excluding ortho intramolecular Hbond substituents is 1. The van der Waals surface area contributed by atoms with Crippen LogP contribution in [-0.4, -0.2) is 29.1 Å². The second-order valence-corrected chi connectivity index (χ2v) is 3.05. The Morgan fingerprint density at radius 1 is 1.40 bits per heavy atom. The number of rotatable bonds is 3. The first kappa shape index (κ1) is 11.3. The Kier molecular flexibility index (Phi) is 3.16. The highest BCUT2D eigenvalue weighted by atomic mass is 35.5. The van der Waals surface area contributed by atoms with Crippen LogP contribution in [0.5, 0.6) is 11.5 Å². The van der Waals surface area contributed by atoms with Crippen molar-refractivity contribution >= 4 is 23.4 Å². The maximum Gasteiger partial charge on any atom is 0.377 e. The Morgan fingerprint density at radius 3 is 2.47 bits per heavy atom. The number of ether oxygens (including phenoxy) is 1. The van der Waals surface area contributed by atoms with Crippen LogP contribution in [0.4, 0.5) is 0 Å². The fourth-order valence-corrected chi connectivity index (χ4v) is 1.24. The third kappa shape index (κ3) is 2.19.